The summed E-state index contributed by atoms with van der Waals surface area (Å²) in [6.45, 7) is 10.5. The molecule has 1 aromatic carbocycles. The van der Waals surface area contributed by atoms with E-state index in [2.05, 4.69) is 21.8 Å². The number of aryl methyl sites for hydroxylation is 1. The lowest BCUT2D eigenvalue weighted by Gasteiger charge is -2.34. The van der Waals surface area contributed by atoms with Gasteiger partial charge >= 0.3 is 0 Å². The van der Waals surface area contributed by atoms with Gasteiger partial charge in [0.2, 0.25) is 0 Å². The van der Waals surface area contributed by atoms with Crippen LogP contribution in [-0.4, -0.2) is 65.5 Å². The van der Waals surface area contributed by atoms with E-state index in [1.807, 2.05) is 35.0 Å². The van der Waals surface area contributed by atoms with Gasteiger partial charge in [-0.2, -0.15) is 5.10 Å². The van der Waals surface area contributed by atoms with Crippen LogP contribution in [-0.2, 0) is 11.3 Å². The van der Waals surface area contributed by atoms with Gasteiger partial charge in [0.15, 0.2) is 0 Å². The van der Waals surface area contributed by atoms with E-state index in [1.165, 1.54) is 25.8 Å². The molecule has 2 fully saturated rings. The number of para-hydroxylation sites is 1. The van der Waals surface area contributed by atoms with Gasteiger partial charge in [-0.3, -0.25) is 9.80 Å². The van der Waals surface area contributed by atoms with E-state index in [-0.39, 0.29) is 0 Å². The summed E-state index contributed by atoms with van der Waals surface area (Å²) in [6, 6.07) is 10.1. The van der Waals surface area contributed by atoms with Gasteiger partial charge in [-0.05, 0) is 63.9 Å². The molecule has 5 nitrogen and oxygen atoms in total. The van der Waals surface area contributed by atoms with Crippen molar-refractivity contribution in [1.82, 2.24) is 19.6 Å². The highest BCUT2D eigenvalue weighted by molar-refractivity contribution is 6.30. The van der Waals surface area contributed by atoms with Gasteiger partial charge in [-0.15, -0.1) is 0 Å². The average molecular weight is 403 g/mol. The van der Waals surface area contributed by atoms with Crippen molar-refractivity contribution in [3.63, 3.8) is 0 Å². The molecule has 0 saturated carbocycles. The molecule has 6 heteroatoms. The standard InChI is InChI=1S/C22H31ClN4O/c1-18-21(22(23)27(24-18)20-5-3-2-4-6-20)17-26-11-8-19(9-12-26)7-10-25-13-15-28-16-14-25/h2-6,19H,7-17H2,1H3. The Morgan fingerprint density at radius 1 is 1.04 bits per heavy atom. The van der Waals surface area contributed by atoms with Crippen molar-refractivity contribution in [3.8, 4) is 5.69 Å². The number of piperidine rings is 1. The van der Waals surface area contributed by atoms with Crippen molar-refractivity contribution in [2.75, 3.05) is 45.9 Å². The molecule has 0 bridgehead atoms. The first-order valence-corrected chi connectivity index (χ1v) is 10.9. The molecule has 0 N–H and O–H groups in total. The van der Waals surface area contributed by atoms with Crippen molar-refractivity contribution in [2.24, 2.45) is 5.92 Å². The zero-order valence-electron chi connectivity index (χ0n) is 16.8. The maximum Gasteiger partial charge on any atom is 0.137 e. The Kier molecular flexibility index (Phi) is 6.68. The summed E-state index contributed by atoms with van der Waals surface area (Å²) in [5, 5.41) is 5.43. The minimum atomic E-state index is 0.748. The molecule has 2 aromatic rings. The summed E-state index contributed by atoms with van der Waals surface area (Å²) in [6.07, 6.45) is 3.89. The number of ether oxygens (including phenoxy) is 1. The number of benzene rings is 1. The van der Waals surface area contributed by atoms with Crippen molar-refractivity contribution >= 4 is 11.6 Å². The molecule has 0 aliphatic carbocycles. The van der Waals surface area contributed by atoms with Crippen molar-refractivity contribution in [2.45, 2.75) is 32.7 Å². The van der Waals surface area contributed by atoms with E-state index < -0.39 is 0 Å². The summed E-state index contributed by atoms with van der Waals surface area (Å²) >= 11 is 6.71. The zero-order chi connectivity index (χ0) is 19.3. The molecular formula is C22H31ClN4O. The van der Waals surface area contributed by atoms with E-state index in [0.29, 0.717) is 0 Å². The van der Waals surface area contributed by atoms with E-state index in [1.54, 1.807) is 0 Å². The number of halogens is 1. The third-order valence-electron chi connectivity index (χ3n) is 6.17. The molecule has 4 rings (SSSR count). The Bertz CT molecular complexity index is 749. The zero-order valence-corrected chi connectivity index (χ0v) is 17.6. The highest BCUT2D eigenvalue weighted by atomic mass is 35.5. The first-order chi connectivity index (χ1) is 13.7. The second-order valence-corrected chi connectivity index (χ2v) is 8.42. The lowest BCUT2D eigenvalue weighted by atomic mass is 9.93. The molecule has 2 aliphatic rings. The molecule has 0 radical (unpaired) electrons. The highest BCUT2D eigenvalue weighted by Crippen LogP contribution is 2.27. The lowest BCUT2D eigenvalue weighted by Crippen LogP contribution is -2.39. The minimum Gasteiger partial charge on any atom is -0.379 e. The quantitative estimate of drug-likeness (QED) is 0.736. The van der Waals surface area contributed by atoms with Crippen LogP contribution in [0.1, 0.15) is 30.5 Å². The van der Waals surface area contributed by atoms with Crippen LogP contribution in [0, 0.1) is 12.8 Å². The number of hydrogen-bond acceptors (Lipinski definition) is 4. The van der Waals surface area contributed by atoms with Gasteiger partial charge in [0.25, 0.3) is 0 Å². The first kappa shape index (κ1) is 19.9. The van der Waals surface area contributed by atoms with Crippen LogP contribution in [0.5, 0.6) is 0 Å². The maximum atomic E-state index is 6.71. The molecule has 0 atom stereocenters. The smallest absolute Gasteiger partial charge is 0.137 e. The van der Waals surface area contributed by atoms with Crippen LogP contribution in [0.25, 0.3) is 5.69 Å². The van der Waals surface area contributed by atoms with E-state index in [4.69, 9.17) is 16.3 Å². The van der Waals surface area contributed by atoms with Crippen LogP contribution < -0.4 is 0 Å². The third kappa shape index (κ3) is 4.77. The number of morpholine rings is 1. The molecule has 0 unspecified atom stereocenters. The van der Waals surface area contributed by atoms with Crippen molar-refractivity contribution < 1.29 is 4.74 Å². The van der Waals surface area contributed by atoms with Gasteiger partial charge in [-0.25, -0.2) is 4.68 Å². The summed E-state index contributed by atoms with van der Waals surface area (Å²) in [4.78, 5) is 5.09. The summed E-state index contributed by atoms with van der Waals surface area (Å²) in [5.41, 5.74) is 3.21. The second kappa shape index (κ2) is 9.40. The number of aromatic nitrogens is 2. The fourth-order valence-corrected chi connectivity index (χ4v) is 4.63. The summed E-state index contributed by atoms with van der Waals surface area (Å²) in [5.74, 6) is 0.850. The highest BCUT2D eigenvalue weighted by Gasteiger charge is 2.23. The van der Waals surface area contributed by atoms with E-state index in [9.17, 15) is 0 Å². The monoisotopic (exact) mass is 402 g/mol. The fraction of sp³-hybridized carbons (Fsp3) is 0.591. The molecule has 0 amide bonds. The maximum absolute atomic E-state index is 6.71. The Hall–Kier alpha value is -1.40. The van der Waals surface area contributed by atoms with Crippen LogP contribution >= 0.6 is 11.6 Å². The Morgan fingerprint density at radius 2 is 1.75 bits per heavy atom. The topological polar surface area (TPSA) is 33.5 Å². The fourth-order valence-electron chi connectivity index (χ4n) is 4.30. The van der Waals surface area contributed by atoms with Crippen LogP contribution in [0.2, 0.25) is 5.15 Å². The average Bonchev–Trinajstić information content (AvgIpc) is 3.03. The first-order valence-electron chi connectivity index (χ1n) is 10.5. The molecule has 2 saturated heterocycles. The second-order valence-electron chi connectivity index (χ2n) is 8.06. The lowest BCUT2D eigenvalue weighted by molar-refractivity contribution is 0.0334. The molecule has 152 valence electrons. The largest absolute Gasteiger partial charge is 0.379 e. The molecule has 1 aromatic heterocycles. The van der Waals surface area contributed by atoms with Crippen molar-refractivity contribution in [1.29, 1.82) is 0 Å². The molecular weight excluding hydrogens is 372 g/mol. The third-order valence-corrected chi connectivity index (χ3v) is 6.56. The number of likely N-dealkylation sites (tertiary alicyclic amines) is 1. The van der Waals surface area contributed by atoms with Gasteiger partial charge < -0.3 is 4.74 Å². The summed E-state index contributed by atoms with van der Waals surface area (Å²) < 4.78 is 7.31. The normalized spacial score (nSPS) is 19.9. The molecule has 3 heterocycles. The Labute approximate surface area is 173 Å². The summed E-state index contributed by atoms with van der Waals surface area (Å²) in [7, 11) is 0. The Morgan fingerprint density at radius 3 is 2.46 bits per heavy atom. The van der Waals surface area contributed by atoms with Crippen LogP contribution in [0.3, 0.4) is 0 Å². The minimum absolute atomic E-state index is 0.748. The number of hydrogen-bond donors (Lipinski definition) is 0. The Balaban J connectivity index is 1.29. The molecule has 2 aliphatic heterocycles. The molecule has 0 spiro atoms. The van der Waals surface area contributed by atoms with Gasteiger partial charge in [0, 0.05) is 25.2 Å². The number of rotatable bonds is 6. The van der Waals surface area contributed by atoms with Crippen LogP contribution in [0.4, 0.5) is 0 Å². The van der Waals surface area contributed by atoms with Crippen LogP contribution in [0.15, 0.2) is 30.3 Å². The molecule has 28 heavy (non-hydrogen) atoms. The predicted molar refractivity (Wildman–Crippen MR) is 113 cm³/mol. The van der Waals surface area contributed by atoms with E-state index >= 15 is 0 Å². The SMILES string of the molecule is Cc1nn(-c2ccccc2)c(Cl)c1CN1CCC(CCN2CCOCC2)CC1. The van der Waals surface area contributed by atoms with Gasteiger partial charge in [0.1, 0.15) is 5.15 Å². The van der Waals surface area contributed by atoms with Gasteiger partial charge in [-0.1, -0.05) is 29.8 Å². The van der Waals surface area contributed by atoms with Gasteiger partial charge in [0.05, 0.1) is 24.6 Å². The van der Waals surface area contributed by atoms with E-state index in [0.717, 1.165) is 74.0 Å². The number of nitrogens with zero attached hydrogens (tertiary/aromatic N) is 4. The predicted octanol–water partition coefficient (Wildman–Crippen LogP) is 3.77. The van der Waals surface area contributed by atoms with Crippen molar-refractivity contribution in [3.05, 3.63) is 46.7 Å².